The lowest BCUT2D eigenvalue weighted by atomic mass is 10.0. The summed E-state index contributed by atoms with van der Waals surface area (Å²) >= 11 is 0. The molecule has 1 heterocycles. The van der Waals surface area contributed by atoms with E-state index in [1.54, 1.807) is 0 Å². The molecule has 1 aliphatic carbocycles. The average Bonchev–Trinajstić information content (AvgIpc) is 2.16. The highest BCUT2D eigenvalue weighted by molar-refractivity contribution is 5.66. The molecule has 0 unspecified atom stereocenters. The number of hydrogen-bond acceptors (Lipinski definition) is 3. The molecule has 0 saturated heterocycles. The molecule has 0 saturated carbocycles. The van der Waals surface area contributed by atoms with Crippen LogP contribution >= 0.6 is 0 Å². The predicted octanol–water partition coefficient (Wildman–Crippen LogP) is 1.79. The van der Waals surface area contributed by atoms with Crippen molar-refractivity contribution in [1.82, 2.24) is 9.97 Å². The zero-order valence-corrected chi connectivity index (χ0v) is 7.96. The molecule has 0 aliphatic heterocycles. The molecule has 1 aliphatic rings. The number of nitrogens with zero attached hydrogens (tertiary/aromatic N) is 2. The third-order valence-electron chi connectivity index (χ3n) is 2.21. The van der Waals surface area contributed by atoms with Crippen molar-refractivity contribution in [2.75, 3.05) is 12.4 Å². The van der Waals surface area contributed by atoms with E-state index in [0.717, 1.165) is 30.0 Å². The van der Waals surface area contributed by atoms with Gasteiger partial charge >= 0.3 is 0 Å². The SMILES string of the molecule is CNc1nc(C)nc2c1C=CCC2. The Balaban J connectivity index is 2.59. The van der Waals surface area contributed by atoms with Crippen LogP contribution in [0.15, 0.2) is 6.08 Å². The standard InChI is InChI=1S/C10H13N3/c1-7-12-9-6-4-3-5-8(9)10(11-2)13-7/h3,5H,4,6H2,1-2H3,(H,11,12,13). The van der Waals surface area contributed by atoms with Gasteiger partial charge in [-0.05, 0) is 19.8 Å². The van der Waals surface area contributed by atoms with Crippen molar-refractivity contribution in [1.29, 1.82) is 0 Å². The van der Waals surface area contributed by atoms with Crippen molar-refractivity contribution in [3.63, 3.8) is 0 Å². The van der Waals surface area contributed by atoms with E-state index >= 15 is 0 Å². The van der Waals surface area contributed by atoms with Gasteiger partial charge in [-0.15, -0.1) is 0 Å². The Morgan fingerprint density at radius 3 is 3.00 bits per heavy atom. The summed E-state index contributed by atoms with van der Waals surface area (Å²) in [5, 5.41) is 3.09. The van der Waals surface area contributed by atoms with Gasteiger partial charge in [0.05, 0.1) is 5.69 Å². The van der Waals surface area contributed by atoms with Crippen LogP contribution in [0.5, 0.6) is 0 Å². The number of anilines is 1. The molecule has 3 heteroatoms. The van der Waals surface area contributed by atoms with Crippen molar-refractivity contribution < 1.29 is 0 Å². The van der Waals surface area contributed by atoms with Crippen molar-refractivity contribution in [3.8, 4) is 0 Å². The van der Waals surface area contributed by atoms with Crippen LogP contribution in [0.4, 0.5) is 5.82 Å². The molecule has 1 N–H and O–H groups in total. The van der Waals surface area contributed by atoms with Gasteiger partial charge in [-0.2, -0.15) is 0 Å². The van der Waals surface area contributed by atoms with Crippen LogP contribution in [0.1, 0.15) is 23.5 Å². The average molecular weight is 175 g/mol. The van der Waals surface area contributed by atoms with E-state index in [-0.39, 0.29) is 0 Å². The Labute approximate surface area is 77.9 Å². The Kier molecular flexibility index (Phi) is 2.00. The molecular weight excluding hydrogens is 162 g/mol. The van der Waals surface area contributed by atoms with Gasteiger partial charge in [0.25, 0.3) is 0 Å². The summed E-state index contributed by atoms with van der Waals surface area (Å²) in [6.07, 6.45) is 6.39. The smallest absolute Gasteiger partial charge is 0.137 e. The largest absolute Gasteiger partial charge is 0.373 e. The zero-order valence-electron chi connectivity index (χ0n) is 7.96. The van der Waals surface area contributed by atoms with E-state index in [9.17, 15) is 0 Å². The molecule has 0 amide bonds. The second kappa shape index (κ2) is 3.17. The van der Waals surface area contributed by atoms with E-state index in [2.05, 4.69) is 27.4 Å². The molecule has 1 aromatic heterocycles. The lowest BCUT2D eigenvalue weighted by Gasteiger charge is -2.13. The predicted molar refractivity (Wildman–Crippen MR) is 53.7 cm³/mol. The lowest BCUT2D eigenvalue weighted by molar-refractivity contribution is 0.885. The molecule has 0 radical (unpaired) electrons. The number of nitrogens with one attached hydrogen (secondary N) is 1. The fraction of sp³-hybridized carbons (Fsp3) is 0.400. The van der Waals surface area contributed by atoms with Crippen LogP contribution in [-0.4, -0.2) is 17.0 Å². The Morgan fingerprint density at radius 2 is 2.23 bits per heavy atom. The third-order valence-corrected chi connectivity index (χ3v) is 2.21. The van der Waals surface area contributed by atoms with Crippen molar-refractivity contribution in [3.05, 3.63) is 23.2 Å². The number of hydrogen-bond donors (Lipinski definition) is 1. The summed E-state index contributed by atoms with van der Waals surface area (Å²) in [4.78, 5) is 8.75. The van der Waals surface area contributed by atoms with E-state index in [4.69, 9.17) is 0 Å². The normalized spacial score (nSPS) is 14.0. The molecule has 13 heavy (non-hydrogen) atoms. The third kappa shape index (κ3) is 1.41. The first-order chi connectivity index (χ1) is 6.31. The molecular formula is C10H13N3. The van der Waals surface area contributed by atoms with Gasteiger partial charge in [0, 0.05) is 12.6 Å². The Morgan fingerprint density at radius 1 is 1.38 bits per heavy atom. The second-order valence-corrected chi connectivity index (χ2v) is 3.17. The van der Waals surface area contributed by atoms with Crippen LogP contribution in [0.3, 0.4) is 0 Å². The topological polar surface area (TPSA) is 37.8 Å². The number of aryl methyl sites for hydroxylation is 2. The minimum Gasteiger partial charge on any atom is -0.373 e. The molecule has 0 fully saturated rings. The summed E-state index contributed by atoms with van der Waals surface area (Å²) in [6.45, 7) is 1.93. The summed E-state index contributed by atoms with van der Waals surface area (Å²) < 4.78 is 0. The van der Waals surface area contributed by atoms with Crippen LogP contribution in [-0.2, 0) is 6.42 Å². The van der Waals surface area contributed by atoms with Gasteiger partial charge in [0.15, 0.2) is 0 Å². The molecule has 0 bridgehead atoms. The summed E-state index contributed by atoms with van der Waals surface area (Å²) in [5.74, 6) is 1.79. The first kappa shape index (κ1) is 8.23. The van der Waals surface area contributed by atoms with Crippen molar-refractivity contribution in [2.45, 2.75) is 19.8 Å². The Hall–Kier alpha value is -1.38. The summed E-state index contributed by atoms with van der Waals surface area (Å²) in [6, 6.07) is 0. The fourth-order valence-corrected chi connectivity index (χ4v) is 1.62. The molecule has 1 aromatic rings. The molecule has 0 atom stereocenters. The molecule has 0 aromatic carbocycles. The maximum absolute atomic E-state index is 4.42. The van der Waals surface area contributed by atoms with Crippen LogP contribution < -0.4 is 5.32 Å². The minimum absolute atomic E-state index is 0.846. The number of aromatic nitrogens is 2. The Bertz CT molecular complexity index is 355. The highest BCUT2D eigenvalue weighted by atomic mass is 15.0. The maximum atomic E-state index is 4.42. The lowest BCUT2D eigenvalue weighted by Crippen LogP contribution is -2.07. The van der Waals surface area contributed by atoms with Gasteiger partial charge in [0.1, 0.15) is 11.6 Å². The van der Waals surface area contributed by atoms with Gasteiger partial charge in [-0.25, -0.2) is 9.97 Å². The summed E-state index contributed by atoms with van der Waals surface area (Å²) in [7, 11) is 1.89. The quantitative estimate of drug-likeness (QED) is 0.707. The molecule has 3 nitrogen and oxygen atoms in total. The van der Waals surface area contributed by atoms with Gasteiger partial charge in [-0.1, -0.05) is 12.2 Å². The van der Waals surface area contributed by atoms with E-state index in [1.807, 2.05) is 14.0 Å². The van der Waals surface area contributed by atoms with E-state index < -0.39 is 0 Å². The van der Waals surface area contributed by atoms with Crippen molar-refractivity contribution in [2.24, 2.45) is 0 Å². The van der Waals surface area contributed by atoms with Gasteiger partial charge < -0.3 is 5.32 Å². The first-order valence-corrected chi connectivity index (χ1v) is 4.53. The fourth-order valence-electron chi connectivity index (χ4n) is 1.62. The maximum Gasteiger partial charge on any atom is 0.137 e. The van der Waals surface area contributed by atoms with Crippen LogP contribution in [0.2, 0.25) is 0 Å². The minimum atomic E-state index is 0.846. The number of allylic oxidation sites excluding steroid dienone is 1. The number of rotatable bonds is 1. The summed E-state index contributed by atoms with van der Waals surface area (Å²) in [5.41, 5.74) is 2.32. The highest BCUT2D eigenvalue weighted by Gasteiger charge is 2.11. The monoisotopic (exact) mass is 175 g/mol. The highest BCUT2D eigenvalue weighted by Crippen LogP contribution is 2.23. The van der Waals surface area contributed by atoms with Crippen LogP contribution in [0.25, 0.3) is 6.08 Å². The van der Waals surface area contributed by atoms with Gasteiger partial charge in [-0.3, -0.25) is 0 Å². The molecule has 2 rings (SSSR count). The number of fused-ring (bicyclic) bond motifs is 1. The molecule has 68 valence electrons. The van der Waals surface area contributed by atoms with Crippen LogP contribution in [0, 0.1) is 6.92 Å². The van der Waals surface area contributed by atoms with E-state index in [1.165, 1.54) is 5.69 Å². The molecule has 0 spiro atoms. The van der Waals surface area contributed by atoms with Crippen molar-refractivity contribution >= 4 is 11.9 Å². The zero-order chi connectivity index (χ0) is 9.26. The second-order valence-electron chi connectivity index (χ2n) is 3.17. The van der Waals surface area contributed by atoms with Gasteiger partial charge in [0.2, 0.25) is 0 Å². The van der Waals surface area contributed by atoms with E-state index in [0.29, 0.717) is 0 Å². The first-order valence-electron chi connectivity index (χ1n) is 4.53.